The minimum absolute atomic E-state index is 0. The molecule has 1 aliphatic heterocycles. The van der Waals surface area contributed by atoms with E-state index in [0.717, 1.165) is 19.1 Å². The van der Waals surface area contributed by atoms with Crippen molar-refractivity contribution in [2.45, 2.75) is 62.6 Å². The van der Waals surface area contributed by atoms with E-state index in [1.807, 2.05) is 25.7 Å². The number of hydrogen-bond donors (Lipinski definition) is 4. The highest BCUT2D eigenvalue weighted by atomic mass is 32.2. The minimum atomic E-state index is -3.85. The van der Waals surface area contributed by atoms with Crippen molar-refractivity contribution in [3.63, 3.8) is 0 Å². The lowest BCUT2D eigenvalue weighted by Crippen LogP contribution is -2.54. The van der Waals surface area contributed by atoms with E-state index in [1.165, 1.54) is 6.07 Å². The van der Waals surface area contributed by atoms with Crippen molar-refractivity contribution in [2.24, 2.45) is 0 Å². The van der Waals surface area contributed by atoms with Gasteiger partial charge in [0.25, 0.3) is 6.43 Å². The first-order chi connectivity index (χ1) is 15.5. The van der Waals surface area contributed by atoms with Crippen molar-refractivity contribution in [1.29, 1.82) is 5.41 Å². The summed E-state index contributed by atoms with van der Waals surface area (Å²) in [5.41, 5.74) is 0.854. The van der Waals surface area contributed by atoms with Crippen molar-refractivity contribution in [3.8, 4) is 0 Å². The predicted molar refractivity (Wildman–Crippen MR) is 129 cm³/mol. The van der Waals surface area contributed by atoms with Crippen LogP contribution in [0.15, 0.2) is 17.0 Å². The summed E-state index contributed by atoms with van der Waals surface area (Å²) in [6.07, 6.45) is -0.0983. The number of rotatable bonds is 8. The summed E-state index contributed by atoms with van der Waals surface area (Å²) in [5, 5.41) is 21.3. The Kier molecular flexibility index (Phi) is 6.42. The number of halogens is 2. The second-order valence-corrected chi connectivity index (χ2v) is 11.7. The highest BCUT2D eigenvalue weighted by Gasteiger charge is 2.41. The Bertz CT molecular complexity index is 1150. The zero-order chi connectivity index (χ0) is 24.0. The summed E-state index contributed by atoms with van der Waals surface area (Å²) in [5.74, 6) is 0. The van der Waals surface area contributed by atoms with Crippen LogP contribution in [0.5, 0.6) is 0 Å². The van der Waals surface area contributed by atoms with Crippen molar-refractivity contribution >= 4 is 44.1 Å². The van der Waals surface area contributed by atoms with Crippen LogP contribution >= 0.6 is 11.3 Å². The number of hydrogen-bond acceptors (Lipinski definition) is 9. The molecular formula is C20H31F2N7O2S2. The van der Waals surface area contributed by atoms with E-state index >= 15 is 0 Å². The number of aromatic nitrogens is 2. The van der Waals surface area contributed by atoms with Gasteiger partial charge in [-0.3, -0.25) is 0 Å². The summed E-state index contributed by atoms with van der Waals surface area (Å²) >= 11 is 0.683. The SMILES string of the molecule is C[C@H]1CN(c2cc(S(=O)(=O)NC3(C)CC3)cc(Nc3nnc(C(F)F)s3)c2C=N)C[C@H](C)N1.[HH].[HH]. The van der Waals surface area contributed by atoms with Crippen molar-refractivity contribution in [3.05, 3.63) is 22.7 Å². The number of nitrogens with one attached hydrogen (secondary N) is 4. The third kappa shape index (κ3) is 5.31. The molecule has 2 heterocycles. The average molecular weight is 504 g/mol. The van der Waals surface area contributed by atoms with Crippen LogP contribution in [0.25, 0.3) is 0 Å². The van der Waals surface area contributed by atoms with Crippen LogP contribution in [0.3, 0.4) is 0 Å². The van der Waals surface area contributed by atoms with E-state index in [2.05, 4.69) is 25.6 Å². The van der Waals surface area contributed by atoms with Crippen LogP contribution < -0.4 is 20.3 Å². The van der Waals surface area contributed by atoms with Crippen LogP contribution in [0.1, 0.15) is 53.5 Å². The quantitative estimate of drug-likeness (QED) is 0.405. The third-order valence-corrected chi connectivity index (χ3v) is 8.20. The molecule has 184 valence electrons. The zero-order valence-electron chi connectivity index (χ0n) is 18.5. The molecule has 4 rings (SSSR count). The monoisotopic (exact) mass is 503 g/mol. The van der Waals surface area contributed by atoms with E-state index < -0.39 is 27.0 Å². The van der Waals surface area contributed by atoms with Crippen LogP contribution in [-0.4, -0.2) is 55.5 Å². The van der Waals surface area contributed by atoms with E-state index in [0.29, 0.717) is 41.4 Å². The fourth-order valence-electron chi connectivity index (χ4n) is 3.97. The molecular weight excluding hydrogens is 472 g/mol. The molecule has 2 aromatic rings. The topological polar surface area (TPSA) is 123 Å². The van der Waals surface area contributed by atoms with Crippen molar-refractivity contribution in [1.82, 2.24) is 20.2 Å². The molecule has 1 aliphatic carbocycles. The summed E-state index contributed by atoms with van der Waals surface area (Å²) in [7, 11) is -3.85. The lowest BCUT2D eigenvalue weighted by atomic mass is 10.1. The van der Waals surface area contributed by atoms with Crippen molar-refractivity contribution in [2.75, 3.05) is 23.3 Å². The number of anilines is 3. The summed E-state index contributed by atoms with van der Waals surface area (Å²) < 4.78 is 55.1. The van der Waals surface area contributed by atoms with E-state index in [9.17, 15) is 17.2 Å². The molecule has 0 bridgehead atoms. The molecule has 0 spiro atoms. The molecule has 1 aromatic carbocycles. The number of piperazine rings is 1. The Hall–Kier alpha value is -2.22. The Morgan fingerprint density at radius 2 is 1.97 bits per heavy atom. The Morgan fingerprint density at radius 1 is 1.30 bits per heavy atom. The molecule has 9 nitrogen and oxygen atoms in total. The first-order valence-corrected chi connectivity index (χ1v) is 12.9. The molecule has 0 radical (unpaired) electrons. The van der Waals surface area contributed by atoms with E-state index in [4.69, 9.17) is 5.41 Å². The number of benzene rings is 1. The lowest BCUT2D eigenvalue weighted by Gasteiger charge is -2.38. The maximum absolute atomic E-state index is 13.2. The van der Waals surface area contributed by atoms with Gasteiger partial charge in [0.05, 0.1) is 10.6 Å². The summed E-state index contributed by atoms with van der Waals surface area (Å²) in [6.45, 7) is 7.16. The van der Waals surface area contributed by atoms with Gasteiger partial charge in [-0.05, 0) is 45.7 Å². The lowest BCUT2D eigenvalue weighted by molar-refractivity contribution is 0.150. The fraction of sp³-hybridized carbons (Fsp3) is 0.550. The fourth-order valence-corrected chi connectivity index (χ4v) is 6.09. The van der Waals surface area contributed by atoms with Gasteiger partial charge in [-0.1, -0.05) is 11.3 Å². The first-order valence-electron chi connectivity index (χ1n) is 10.6. The average Bonchev–Trinajstić information content (AvgIpc) is 3.24. The van der Waals surface area contributed by atoms with Gasteiger partial charge in [-0.25, -0.2) is 21.9 Å². The molecule has 1 saturated carbocycles. The molecule has 1 aromatic heterocycles. The second-order valence-electron chi connectivity index (χ2n) is 8.96. The van der Waals surface area contributed by atoms with Crippen LogP contribution in [0.4, 0.5) is 25.3 Å². The molecule has 13 heteroatoms. The van der Waals surface area contributed by atoms with Gasteiger partial charge in [0.1, 0.15) is 0 Å². The predicted octanol–water partition coefficient (Wildman–Crippen LogP) is 3.73. The van der Waals surface area contributed by atoms with E-state index in [-0.39, 0.29) is 25.0 Å². The van der Waals surface area contributed by atoms with Crippen LogP contribution in [0, 0.1) is 5.41 Å². The van der Waals surface area contributed by atoms with Crippen LogP contribution in [0.2, 0.25) is 0 Å². The second kappa shape index (κ2) is 8.85. The van der Waals surface area contributed by atoms with Gasteiger partial charge in [-0.15, -0.1) is 10.2 Å². The molecule has 2 aliphatic rings. The molecule has 4 N–H and O–H groups in total. The maximum atomic E-state index is 13.2. The number of nitrogens with zero attached hydrogens (tertiary/aromatic N) is 3. The maximum Gasteiger partial charge on any atom is 0.291 e. The van der Waals surface area contributed by atoms with Gasteiger partial charge in [0.2, 0.25) is 15.2 Å². The normalized spacial score (nSPS) is 22.4. The summed E-state index contributed by atoms with van der Waals surface area (Å²) in [4.78, 5) is 2.08. The standard InChI is InChI=1S/C20H27F2N7O2S2.2H2/c1-11-9-29(10-12(2)24-11)16-7-13(33(30,31)28-20(3)4-5-20)6-15(14(16)8-23)25-19-27-26-18(32-19)17(21)22;;/h6-8,11-12,17,23-24,28H,4-5,9-10H2,1-3H3,(H,25,27);2*1H/t11-,12-;;/m0../s1. The van der Waals surface area contributed by atoms with E-state index in [1.54, 1.807) is 6.07 Å². The highest BCUT2D eigenvalue weighted by molar-refractivity contribution is 7.89. The molecule has 33 heavy (non-hydrogen) atoms. The number of alkyl halides is 2. The Labute approximate surface area is 198 Å². The van der Waals surface area contributed by atoms with Crippen molar-refractivity contribution < 1.29 is 20.1 Å². The molecule has 2 atom stereocenters. The Balaban J connectivity index is 0.00000216. The minimum Gasteiger partial charge on any atom is -0.368 e. The van der Waals surface area contributed by atoms with Gasteiger partial charge < -0.3 is 20.9 Å². The Morgan fingerprint density at radius 3 is 2.52 bits per heavy atom. The third-order valence-electron chi connectivity index (χ3n) is 5.73. The molecule has 2 fully saturated rings. The summed E-state index contributed by atoms with van der Waals surface area (Å²) in [6, 6.07) is 3.31. The van der Waals surface area contributed by atoms with Gasteiger partial charge >= 0.3 is 0 Å². The molecule has 0 unspecified atom stereocenters. The molecule has 1 saturated heterocycles. The van der Waals surface area contributed by atoms with Crippen LogP contribution in [-0.2, 0) is 10.0 Å². The van der Waals surface area contributed by atoms with Gasteiger partial charge in [-0.2, -0.15) is 0 Å². The smallest absolute Gasteiger partial charge is 0.291 e. The zero-order valence-corrected chi connectivity index (χ0v) is 20.2. The number of sulfonamides is 1. The largest absolute Gasteiger partial charge is 0.368 e. The first kappa shape index (κ1) is 23.9. The van der Waals surface area contributed by atoms with Gasteiger partial charge in [0.15, 0.2) is 5.01 Å². The highest BCUT2D eigenvalue weighted by Crippen LogP contribution is 2.38. The van der Waals surface area contributed by atoms with Gasteiger partial charge in [0, 0.05) is 51.0 Å². The molecule has 0 amide bonds.